The second-order valence-corrected chi connectivity index (χ2v) is 5.92. The fourth-order valence-electron chi connectivity index (χ4n) is 3.02. The van der Waals surface area contributed by atoms with Gasteiger partial charge in [0.2, 0.25) is 0 Å². The number of hydrogen-bond donors (Lipinski definition) is 1. The van der Waals surface area contributed by atoms with Crippen LogP contribution in [0.25, 0.3) is 0 Å². The van der Waals surface area contributed by atoms with Gasteiger partial charge in [0.15, 0.2) is 11.6 Å². The molecule has 3 rings (SSSR count). The van der Waals surface area contributed by atoms with Gasteiger partial charge in [-0.1, -0.05) is 6.07 Å². The summed E-state index contributed by atoms with van der Waals surface area (Å²) < 4.78 is 18.7. The number of hydrogen-bond acceptors (Lipinski definition) is 3. The minimum absolute atomic E-state index is 0.264. The lowest BCUT2D eigenvalue weighted by Gasteiger charge is -2.25. The predicted molar refractivity (Wildman–Crippen MR) is 77.4 cm³/mol. The normalized spacial score (nSPS) is 22.4. The van der Waals surface area contributed by atoms with Gasteiger partial charge in [-0.3, -0.25) is 4.90 Å². The maximum Gasteiger partial charge on any atom is 0.165 e. The lowest BCUT2D eigenvalue weighted by atomic mass is 10.1. The Morgan fingerprint density at radius 3 is 2.80 bits per heavy atom. The predicted octanol–water partition coefficient (Wildman–Crippen LogP) is 2.55. The highest BCUT2D eigenvalue weighted by atomic mass is 19.1. The average Bonchev–Trinajstić information content (AvgIpc) is 3.17. The van der Waals surface area contributed by atoms with E-state index in [4.69, 9.17) is 4.74 Å². The summed E-state index contributed by atoms with van der Waals surface area (Å²) >= 11 is 0. The van der Waals surface area contributed by atoms with Gasteiger partial charge in [0.05, 0.1) is 7.11 Å². The molecule has 0 radical (unpaired) electrons. The summed E-state index contributed by atoms with van der Waals surface area (Å²) in [5.74, 6) is 0.0592. The zero-order chi connectivity index (χ0) is 13.9. The highest BCUT2D eigenvalue weighted by molar-refractivity contribution is 5.29. The summed E-state index contributed by atoms with van der Waals surface area (Å²) in [6.07, 6.45) is 5.11. The van der Waals surface area contributed by atoms with Crippen molar-refractivity contribution in [3.63, 3.8) is 0 Å². The molecule has 110 valence electrons. The molecule has 1 aromatic carbocycles. The third-order valence-corrected chi connectivity index (χ3v) is 4.28. The molecule has 0 bridgehead atoms. The van der Waals surface area contributed by atoms with E-state index in [0.29, 0.717) is 17.8 Å². The smallest absolute Gasteiger partial charge is 0.165 e. The largest absolute Gasteiger partial charge is 0.494 e. The van der Waals surface area contributed by atoms with Crippen LogP contribution in [-0.4, -0.2) is 37.2 Å². The average molecular weight is 278 g/mol. The molecule has 1 heterocycles. The van der Waals surface area contributed by atoms with Crippen LogP contribution < -0.4 is 10.1 Å². The van der Waals surface area contributed by atoms with Crippen LogP contribution in [0.5, 0.6) is 5.75 Å². The molecule has 2 aliphatic rings. The van der Waals surface area contributed by atoms with Crippen molar-refractivity contribution < 1.29 is 9.13 Å². The molecule has 1 atom stereocenters. The molecule has 1 saturated heterocycles. The Balaban J connectivity index is 1.64. The minimum atomic E-state index is -0.264. The molecule has 4 heteroatoms. The van der Waals surface area contributed by atoms with Crippen molar-refractivity contribution in [3.8, 4) is 5.75 Å². The van der Waals surface area contributed by atoms with E-state index < -0.39 is 0 Å². The van der Waals surface area contributed by atoms with Crippen LogP contribution in [0.1, 0.15) is 31.2 Å². The Morgan fingerprint density at radius 2 is 2.20 bits per heavy atom. The van der Waals surface area contributed by atoms with E-state index >= 15 is 0 Å². The van der Waals surface area contributed by atoms with Crippen molar-refractivity contribution in [1.29, 1.82) is 0 Å². The third-order valence-electron chi connectivity index (χ3n) is 4.28. The number of nitrogens with one attached hydrogen (secondary N) is 1. The number of methoxy groups -OCH3 is 1. The fourth-order valence-corrected chi connectivity index (χ4v) is 3.02. The molecule has 1 aliphatic heterocycles. The molecular weight excluding hydrogens is 255 g/mol. The number of halogens is 1. The van der Waals surface area contributed by atoms with Crippen molar-refractivity contribution in [1.82, 2.24) is 10.2 Å². The second kappa shape index (κ2) is 6.10. The molecule has 0 amide bonds. The maximum atomic E-state index is 13.8. The minimum Gasteiger partial charge on any atom is -0.494 e. The third kappa shape index (κ3) is 3.30. The van der Waals surface area contributed by atoms with Crippen molar-refractivity contribution in [3.05, 3.63) is 29.6 Å². The molecule has 2 fully saturated rings. The van der Waals surface area contributed by atoms with Crippen molar-refractivity contribution in [2.75, 3.05) is 20.2 Å². The van der Waals surface area contributed by atoms with Crippen molar-refractivity contribution in [2.45, 2.75) is 44.3 Å². The summed E-state index contributed by atoms with van der Waals surface area (Å²) in [5.41, 5.74) is 1.04. The van der Waals surface area contributed by atoms with Crippen LogP contribution in [-0.2, 0) is 6.54 Å². The van der Waals surface area contributed by atoms with Crippen molar-refractivity contribution in [2.24, 2.45) is 0 Å². The van der Waals surface area contributed by atoms with Gasteiger partial charge in [-0.15, -0.1) is 0 Å². The first-order chi connectivity index (χ1) is 9.76. The van der Waals surface area contributed by atoms with E-state index in [1.165, 1.54) is 32.8 Å². The zero-order valence-electron chi connectivity index (χ0n) is 12.1. The highest BCUT2D eigenvalue weighted by Gasteiger charge is 2.31. The Bertz CT molecular complexity index is 456. The Kier molecular flexibility index (Phi) is 4.22. The van der Waals surface area contributed by atoms with Crippen LogP contribution in [0, 0.1) is 5.82 Å². The number of nitrogens with zero attached hydrogens (tertiary/aromatic N) is 1. The lowest BCUT2D eigenvalue weighted by molar-refractivity contribution is 0.231. The van der Waals surface area contributed by atoms with E-state index in [9.17, 15) is 4.39 Å². The zero-order valence-corrected chi connectivity index (χ0v) is 12.1. The van der Waals surface area contributed by atoms with Crippen molar-refractivity contribution >= 4 is 0 Å². The first kappa shape index (κ1) is 13.8. The molecular formula is C16H23FN2O. The summed E-state index contributed by atoms with van der Waals surface area (Å²) in [6.45, 7) is 3.06. The van der Waals surface area contributed by atoms with E-state index in [2.05, 4.69) is 10.2 Å². The van der Waals surface area contributed by atoms with Crippen LogP contribution in [0.2, 0.25) is 0 Å². The molecule has 3 nitrogen and oxygen atoms in total. The second-order valence-electron chi connectivity index (χ2n) is 5.92. The summed E-state index contributed by atoms with van der Waals surface area (Å²) in [6, 6.07) is 6.61. The topological polar surface area (TPSA) is 24.5 Å². The molecule has 1 aliphatic carbocycles. The molecule has 1 saturated carbocycles. The number of benzene rings is 1. The van der Waals surface area contributed by atoms with Gasteiger partial charge in [0.1, 0.15) is 0 Å². The van der Waals surface area contributed by atoms with Gasteiger partial charge in [-0.25, -0.2) is 4.39 Å². The monoisotopic (exact) mass is 278 g/mol. The van der Waals surface area contributed by atoms with Crippen LogP contribution in [0.3, 0.4) is 0 Å². The maximum absolute atomic E-state index is 13.8. The first-order valence-corrected chi connectivity index (χ1v) is 7.56. The van der Waals surface area contributed by atoms with Crippen LogP contribution in [0.15, 0.2) is 18.2 Å². The Hall–Kier alpha value is -1.13. The lowest BCUT2D eigenvalue weighted by Crippen LogP contribution is -2.38. The van der Waals surface area contributed by atoms with Gasteiger partial charge in [-0.05, 0) is 49.9 Å². The van der Waals surface area contributed by atoms with Crippen LogP contribution >= 0.6 is 0 Å². The number of rotatable bonds is 6. The van der Waals surface area contributed by atoms with Crippen LogP contribution in [0.4, 0.5) is 4.39 Å². The van der Waals surface area contributed by atoms with Gasteiger partial charge >= 0.3 is 0 Å². The fraction of sp³-hybridized carbons (Fsp3) is 0.625. The summed E-state index contributed by atoms with van der Waals surface area (Å²) in [4.78, 5) is 2.50. The summed E-state index contributed by atoms with van der Waals surface area (Å²) in [7, 11) is 1.50. The molecule has 0 aromatic heterocycles. The van der Waals surface area contributed by atoms with E-state index in [0.717, 1.165) is 25.2 Å². The van der Waals surface area contributed by atoms with E-state index in [1.807, 2.05) is 6.07 Å². The van der Waals surface area contributed by atoms with Gasteiger partial charge in [0.25, 0.3) is 0 Å². The molecule has 1 N–H and O–H groups in total. The molecule has 20 heavy (non-hydrogen) atoms. The highest BCUT2D eigenvalue weighted by Crippen LogP contribution is 2.29. The van der Waals surface area contributed by atoms with E-state index in [-0.39, 0.29) is 5.82 Å². The number of ether oxygens (including phenoxy) is 1. The quantitative estimate of drug-likeness (QED) is 0.865. The van der Waals surface area contributed by atoms with E-state index in [1.54, 1.807) is 12.1 Å². The van der Waals surface area contributed by atoms with Gasteiger partial charge in [-0.2, -0.15) is 0 Å². The SMILES string of the molecule is COc1ccc(CN(CC2CCCN2)C2CC2)cc1F. The first-order valence-electron chi connectivity index (χ1n) is 7.56. The Labute approximate surface area is 120 Å². The molecule has 1 unspecified atom stereocenters. The van der Waals surface area contributed by atoms with Gasteiger partial charge < -0.3 is 10.1 Å². The standard InChI is InChI=1S/C16H23FN2O/c1-20-16-7-4-12(9-15(16)17)10-19(14-5-6-14)11-13-3-2-8-18-13/h4,7,9,13-14,18H,2-3,5-6,8,10-11H2,1H3. The van der Waals surface area contributed by atoms with Gasteiger partial charge in [0, 0.05) is 25.2 Å². The molecule has 0 spiro atoms. The Morgan fingerprint density at radius 1 is 1.35 bits per heavy atom. The molecule has 1 aromatic rings. The summed E-state index contributed by atoms with van der Waals surface area (Å²) in [5, 5.41) is 3.55.